The molecule has 2 N–H and O–H groups in total. The molecule has 0 spiro atoms. The largest absolute Gasteiger partial charge is 0.372 e. The molecule has 0 amide bonds. The molecule has 2 nitrogen and oxygen atoms in total. The molecule has 2 aromatic carbocycles. The van der Waals surface area contributed by atoms with Crippen LogP contribution in [0.25, 0.3) is 0 Å². The van der Waals surface area contributed by atoms with Gasteiger partial charge in [0.05, 0.1) is 6.10 Å². The highest BCUT2D eigenvalue weighted by Gasteiger charge is 2.16. The molecule has 2 aromatic rings. The maximum atomic E-state index is 13.0. The van der Waals surface area contributed by atoms with Crippen molar-refractivity contribution in [2.75, 3.05) is 6.61 Å². The summed E-state index contributed by atoms with van der Waals surface area (Å²) in [5, 5.41) is 0. The van der Waals surface area contributed by atoms with Gasteiger partial charge < -0.3 is 10.5 Å². The van der Waals surface area contributed by atoms with Crippen LogP contribution in [-0.4, -0.2) is 12.6 Å². The van der Waals surface area contributed by atoms with Crippen molar-refractivity contribution in [2.45, 2.75) is 31.9 Å². The van der Waals surface area contributed by atoms with Crippen LogP contribution in [0.4, 0.5) is 4.39 Å². The minimum absolute atomic E-state index is 0.132. The molecule has 2 atom stereocenters. The second-order valence-corrected chi connectivity index (χ2v) is 5.29. The van der Waals surface area contributed by atoms with Gasteiger partial charge in [0.25, 0.3) is 0 Å². The molecule has 0 saturated heterocycles. The lowest BCUT2D eigenvalue weighted by atomic mass is 10.0. The smallest absolute Gasteiger partial charge is 0.123 e. The standard InChI is InChI=1S/C18H22FNO/c1-14(20)18(16-9-11-17(19)12-10-16)21-13-5-8-15-6-3-2-4-7-15/h2-4,6-7,9-12,14,18H,5,8,13,20H2,1H3. The quantitative estimate of drug-likeness (QED) is 0.785. The van der Waals surface area contributed by atoms with Crippen LogP contribution in [0.1, 0.15) is 30.6 Å². The zero-order valence-corrected chi connectivity index (χ0v) is 12.3. The van der Waals surface area contributed by atoms with Gasteiger partial charge in [-0.1, -0.05) is 42.5 Å². The summed E-state index contributed by atoms with van der Waals surface area (Å²) in [5.74, 6) is -0.244. The summed E-state index contributed by atoms with van der Waals surface area (Å²) in [6, 6.07) is 16.6. The summed E-state index contributed by atoms with van der Waals surface area (Å²) in [6.07, 6.45) is 1.73. The van der Waals surface area contributed by atoms with E-state index < -0.39 is 0 Å². The number of rotatable bonds is 7. The van der Waals surface area contributed by atoms with Crippen molar-refractivity contribution >= 4 is 0 Å². The van der Waals surface area contributed by atoms with Crippen LogP contribution in [0.5, 0.6) is 0 Å². The van der Waals surface area contributed by atoms with Gasteiger partial charge in [0.2, 0.25) is 0 Å². The molecule has 112 valence electrons. The number of nitrogens with two attached hydrogens (primary N) is 1. The van der Waals surface area contributed by atoms with Gasteiger partial charge in [0, 0.05) is 12.6 Å². The monoisotopic (exact) mass is 287 g/mol. The molecule has 0 heterocycles. The third kappa shape index (κ3) is 4.96. The Morgan fingerprint density at radius 2 is 1.71 bits per heavy atom. The van der Waals surface area contributed by atoms with Crippen LogP contribution < -0.4 is 5.73 Å². The highest BCUT2D eigenvalue weighted by molar-refractivity contribution is 5.20. The van der Waals surface area contributed by atoms with E-state index >= 15 is 0 Å². The molecule has 0 aliphatic carbocycles. The van der Waals surface area contributed by atoms with Crippen LogP contribution in [0.15, 0.2) is 54.6 Å². The molecule has 2 rings (SSSR count). The second kappa shape index (κ2) is 7.91. The first-order valence-electron chi connectivity index (χ1n) is 7.33. The molecule has 0 saturated carbocycles. The fourth-order valence-corrected chi connectivity index (χ4v) is 2.34. The molecular formula is C18H22FNO. The summed E-state index contributed by atoms with van der Waals surface area (Å²) in [4.78, 5) is 0. The molecule has 3 heteroatoms. The molecule has 21 heavy (non-hydrogen) atoms. The number of halogens is 1. The Labute approximate surface area is 125 Å². The van der Waals surface area contributed by atoms with Crippen molar-refractivity contribution < 1.29 is 9.13 Å². The van der Waals surface area contributed by atoms with Gasteiger partial charge in [-0.2, -0.15) is 0 Å². The minimum atomic E-state index is -0.244. The average molecular weight is 287 g/mol. The summed E-state index contributed by atoms with van der Waals surface area (Å²) in [7, 11) is 0. The molecule has 2 unspecified atom stereocenters. The van der Waals surface area contributed by atoms with Crippen molar-refractivity contribution in [3.8, 4) is 0 Å². The topological polar surface area (TPSA) is 35.2 Å². The van der Waals surface area contributed by atoms with Gasteiger partial charge in [-0.05, 0) is 43.0 Å². The van der Waals surface area contributed by atoms with Crippen LogP contribution in [0.3, 0.4) is 0 Å². The van der Waals surface area contributed by atoms with Gasteiger partial charge in [-0.15, -0.1) is 0 Å². The summed E-state index contributed by atoms with van der Waals surface area (Å²) in [5.41, 5.74) is 8.21. The van der Waals surface area contributed by atoms with E-state index in [2.05, 4.69) is 12.1 Å². The summed E-state index contributed by atoms with van der Waals surface area (Å²) in [6.45, 7) is 2.55. The zero-order valence-electron chi connectivity index (χ0n) is 12.3. The lowest BCUT2D eigenvalue weighted by Gasteiger charge is -2.22. The first-order valence-corrected chi connectivity index (χ1v) is 7.33. The van der Waals surface area contributed by atoms with Crippen LogP contribution >= 0.6 is 0 Å². The van der Waals surface area contributed by atoms with E-state index in [4.69, 9.17) is 10.5 Å². The third-order valence-electron chi connectivity index (χ3n) is 3.43. The van der Waals surface area contributed by atoms with Gasteiger partial charge in [-0.25, -0.2) is 4.39 Å². The predicted octanol–water partition coefficient (Wildman–Crippen LogP) is 3.86. The molecular weight excluding hydrogens is 265 g/mol. The Morgan fingerprint density at radius 1 is 1.05 bits per heavy atom. The van der Waals surface area contributed by atoms with Crippen LogP contribution in [0, 0.1) is 5.82 Å². The molecule has 0 aliphatic rings. The van der Waals surface area contributed by atoms with E-state index in [1.807, 2.05) is 25.1 Å². The van der Waals surface area contributed by atoms with Crippen LogP contribution in [-0.2, 0) is 11.2 Å². The zero-order chi connectivity index (χ0) is 15.1. The van der Waals surface area contributed by atoms with Gasteiger partial charge >= 0.3 is 0 Å². The molecule has 0 aliphatic heterocycles. The molecule has 0 bridgehead atoms. The van der Waals surface area contributed by atoms with Crippen molar-refractivity contribution in [1.29, 1.82) is 0 Å². The number of benzene rings is 2. The number of ether oxygens (including phenoxy) is 1. The molecule has 0 radical (unpaired) electrons. The van der Waals surface area contributed by atoms with E-state index in [0.29, 0.717) is 6.61 Å². The van der Waals surface area contributed by atoms with E-state index in [9.17, 15) is 4.39 Å². The predicted molar refractivity (Wildman–Crippen MR) is 83.5 cm³/mol. The fraction of sp³-hybridized carbons (Fsp3) is 0.333. The normalized spacial score (nSPS) is 13.9. The van der Waals surface area contributed by atoms with Gasteiger partial charge in [-0.3, -0.25) is 0 Å². The first kappa shape index (κ1) is 15.7. The average Bonchev–Trinajstić information content (AvgIpc) is 2.49. The highest BCUT2D eigenvalue weighted by atomic mass is 19.1. The van der Waals surface area contributed by atoms with Crippen molar-refractivity contribution in [1.82, 2.24) is 0 Å². The van der Waals surface area contributed by atoms with Crippen LogP contribution in [0.2, 0.25) is 0 Å². The Bertz CT molecular complexity index is 525. The van der Waals surface area contributed by atoms with Crippen molar-refractivity contribution in [3.63, 3.8) is 0 Å². The lowest BCUT2D eigenvalue weighted by molar-refractivity contribution is 0.0369. The Hall–Kier alpha value is -1.71. The van der Waals surface area contributed by atoms with Crippen molar-refractivity contribution in [3.05, 3.63) is 71.5 Å². The van der Waals surface area contributed by atoms with Crippen molar-refractivity contribution in [2.24, 2.45) is 5.73 Å². The highest BCUT2D eigenvalue weighted by Crippen LogP contribution is 2.21. The lowest BCUT2D eigenvalue weighted by Crippen LogP contribution is -2.27. The maximum absolute atomic E-state index is 13.0. The van der Waals surface area contributed by atoms with E-state index in [1.54, 1.807) is 12.1 Å². The molecule has 0 aromatic heterocycles. The molecule has 0 fully saturated rings. The van der Waals surface area contributed by atoms with Gasteiger partial charge in [0.1, 0.15) is 5.82 Å². The number of hydrogen-bond donors (Lipinski definition) is 1. The van der Waals surface area contributed by atoms with E-state index in [-0.39, 0.29) is 18.0 Å². The maximum Gasteiger partial charge on any atom is 0.123 e. The van der Waals surface area contributed by atoms with E-state index in [0.717, 1.165) is 18.4 Å². The Balaban J connectivity index is 1.85. The number of aryl methyl sites for hydroxylation is 1. The Kier molecular flexibility index (Phi) is 5.90. The summed E-state index contributed by atoms with van der Waals surface area (Å²) < 4.78 is 18.9. The Morgan fingerprint density at radius 3 is 2.33 bits per heavy atom. The summed E-state index contributed by atoms with van der Waals surface area (Å²) >= 11 is 0. The minimum Gasteiger partial charge on any atom is -0.372 e. The third-order valence-corrected chi connectivity index (χ3v) is 3.43. The SMILES string of the molecule is CC(N)C(OCCCc1ccccc1)c1ccc(F)cc1. The van der Waals surface area contributed by atoms with Gasteiger partial charge in [0.15, 0.2) is 0 Å². The first-order chi connectivity index (χ1) is 10.2. The number of hydrogen-bond acceptors (Lipinski definition) is 2. The fourth-order valence-electron chi connectivity index (χ4n) is 2.34. The van der Waals surface area contributed by atoms with E-state index in [1.165, 1.54) is 17.7 Å². The second-order valence-electron chi connectivity index (χ2n) is 5.29.